The Balaban J connectivity index is 1.76. The Bertz CT molecular complexity index is 545. The fourth-order valence-corrected chi connectivity index (χ4v) is 4.01. The van der Waals surface area contributed by atoms with Gasteiger partial charge < -0.3 is 10.1 Å². The van der Waals surface area contributed by atoms with Crippen LogP contribution in [0, 0.1) is 0 Å². The maximum Gasteiger partial charge on any atom is 0.357 e. The van der Waals surface area contributed by atoms with Crippen LogP contribution in [-0.4, -0.2) is 47.5 Å². The third-order valence-corrected chi connectivity index (χ3v) is 4.95. The number of rotatable bonds is 4. The fraction of sp³-hybridized carbons (Fsp3) is 0.643. The molecule has 0 bridgehead atoms. The molecule has 0 radical (unpaired) electrons. The maximum atomic E-state index is 11.9. The van der Waals surface area contributed by atoms with Crippen LogP contribution in [0.4, 0.5) is 0 Å². The minimum Gasteiger partial charge on any atom is -0.461 e. The van der Waals surface area contributed by atoms with E-state index in [-0.39, 0.29) is 24.0 Å². The van der Waals surface area contributed by atoms with Gasteiger partial charge in [0.1, 0.15) is 5.01 Å². The molecule has 0 unspecified atom stereocenters. The van der Waals surface area contributed by atoms with Gasteiger partial charge in [0.05, 0.1) is 18.7 Å². The number of ether oxygens (including phenoxy) is 1. The van der Waals surface area contributed by atoms with Crippen molar-refractivity contribution < 1.29 is 14.3 Å². The molecule has 2 aliphatic heterocycles. The Morgan fingerprint density at radius 3 is 3.10 bits per heavy atom. The Morgan fingerprint density at radius 1 is 1.52 bits per heavy atom. The third-order valence-electron chi connectivity index (χ3n) is 4.01. The lowest BCUT2D eigenvalue weighted by Crippen LogP contribution is -2.40. The minimum atomic E-state index is -0.372. The van der Waals surface area contributed by atoms with E-state index in [2.05, 4.69) is 15.2 Å². The van der Waals surface area contributed by atoms with Gasteiger partial charge in [-0.25, -0.2) is 9.78 Å². The highest BCUT2D eigenvalue weighted by Gasteiger charge is 2.39. The first-order valence-corrected chi connectivity index (χ1v) is 8.24. The highest BCUT2D eigenvalue weighted by atomic mass is 32.1. The smallest absolute Gasteiger partial charge is 0.357 e. The van der Waals surface area contributed by atoms with E-state index in [4.69, 9.17) is 4.74 Å². The summed E-state index contributed by atoms with van der Waals surface area (Å²) in [6.07, 6.45) is 2.90. The summed E-state index contributed by atoms with van der Waals surface area (Å²) in [5.41, 5.74) is 0.375. The summed E-state index contributed by atoms with van der Waals surface area (Å²) in [5.74, 6) is -0.257. The molecular formula is C14H19N3O3S. The molecule has 1 aromatic rings. The summed E-state index contributed by atoms with van der Waals surface area (Å²) >= 11 is 1.48. The van der Waals surface area contributed by atoms with Crippen LogP contribution in [0.5, 0.6) is 0 Å². The van der Waals surface area contributed by atoms with Crippen molar-refractivity contribution in [1.29, 1.82) is 0 Å². The molecule has 2 aliphatic rings. The van der Waals surface area contributed by atoms with Gasteiger partial charge in [-0.3, -0.25) is 9.69 Å². The van der Waals surface area contributed by atoms with Crippen molar-refractivity contribution in [2.45, 2.75) is 38.3 Å². The van der Waals surface area contributed by atoms with Gasteiger partial charge in [0.15, 0.2) is 5.69 Å². The summed E-state index contributed by atoms with van der Waals surface area (Å²) in [6, 6.07) is 0.0967. The molecule has 3 rings (SSSR count). The molecule has 0 aromatic carbocycles. The van der Waals surface area contributed by atoms with Gasteiger partial charge in [-0.1, -0.05) is 0 Å². The number of aromatic nitrogens is 1. The molecule has 1 aromatic heterocycles. The van der Waals surface area contributed by atoms with Crippen LogP contribution in [0.1, 0.15) is 47.7 Å². The SMILES string of the molecule is CCOC(=O)c1csc([C@@H]2CCCN2[C@@H]2CCNC2=O)n1. The second kappa shape index (κ2) is 6.11. The second-order valence-electron chi connectivity index (χ2n) is 5.28. The highest BCUT2D eigenvalue weighted by molar-refractivity contribution is 7.09. The zero-order valence-corrected chi connectivity index (χ0v) is 12.8. The number of amides is 1. The molecular weight excluding hydrogens is 290 g/mol. The van der Waals surface area contributed by atoms with E-state index in [9.17, 15) is 9.59 Å². The Morgan fingerprint density at radius 2 is 2.38 bits per heavy atom. The highest BCUT2D eigenvalue weighted by Crippen LogP contribution is 2.36. The maximum absolute atomic E-state index is 11.9. The molecule has 7 heteroatoms. The van der Waals surface area contributed by atoms with Crippen molar-refractivity contribution in [3.63, 3.8) is 0 Å². The average molecular weight is 309 g/mol. The molecule has 21 heavy (non-hydrogen) atoms. The van der Waals surface area contributed by atoms with Gasteiger partial charge in [-0.15, -0.1) is 11.3 Å². The van der Waals surface area contributed by atoms with Gasteiger partial charge in [0.25, 0.3) is 0 Å². The summed E-state index contributed by atoms with van der Waals surface area (Å²) in [4.78, 5) is 30.3. The van der Waals surface area contributed by atoms with Gasteiger partial charge in [0, 0.05) is 11.9 Å². The number of likely N-dealkylation sites (tertiary alicyclic amines) is 1. The number of hydrogen-bond donors (Lipinski definition) is 1. The summed E-state index contributed by atoms with van der Waals surface area (Å²) < 4.78 is 4.98. The third kappa shape index (κ3) is 2.80. The van der Waals surface area contributed by atoms with Gasteiger partial charge in [0.2, 0.25) is 5.91 Å². The molecule has 0 spiro atoms. The van der Waals surface area contributed by atoms with Gasteiger partial charge >= 0.3 is 5.97 Å². The Kier molecular flexibility index (Phi) is 4.21. The number of nitrogens with one attached hydrogen (secondary N) is 1. The number of thiazole rings is 1. The molecule has 114 valence electrons. The number of hydrogen-bond acceptors (Lipinski definition) is 6. The lowest BCUT2D eigenvalue weighted by atomic mass is 10.1. The van der Waals surface area contributed by atoms with E-state index >= 15 is 0 Å². The van der Waals surface area contributed by atoms with Crippen LogP contribution in [0.2, 0.25) is 0 Å². The van der Waals surface area contributed by atoms with Crippen molar-refractivity contribution in [1.82, 2.24) is 15.2 Å². The van der Waals surface area contributed by atoms with Crippen molar-refractivity contribution in [3.05, 3.63) is 16.1 Å². The molecule has 0 aliphatic carbocycles. The summed E-state index contributed by atoms with van der Waals surface area (Å²) in [6.45, 7) is 3.79. The predicted molar refractivity (Wildman–Crippen MR) is 78.2 cm³/mol. The van der Waals surface area contributed by atoms with Crippen LogP contribution >= 0.6 is 11.3 Å². The average Bonchev–Trinajstić information content (AvgIpc) is 3.17. The molecule has 0 saturated carbocycles. The largest absolute Gasteiger partial charge is 0.461 e. The Hall–Kier alpha value is -1.47. The molecule has 2 fully saturated rings. The first kappa shape index (κ1) is 14.5. The molecule has 3 heterocycles. The molecule has 2 saturated heterocycles. The lowest BCUT2D eigenvalue weighted by Gasteiger charge is -2.27. The normalized spacial score (nSPS) is 26.0. The molecule has 2 atom stereocenters. The van der Waals surface area contributed by atoms with Crippen LogP contribution in [-0.2, 0) is 9.53 Å². The van der Waals surface area contributed by atoms with Crippen molar-refractivity contribution >= 4 is 23.2 Å². The summed E-state index contributed by atoms with van der Waals surface area (Å²) in [5, 5.41) is 5.55. The van der Waals surface area contributed by atoms with E-state index in [1.165, 1.54) is 11.3 Å². The Labute approximate surface area is 127 Å². The van der Waals surface area contributed by atoms with E-state index in [1.807, 2.05) is 0 Å². The summed E-state index contributed by atoms with van der Waals surface area (Å²) in [7, 11) is 0. The van der Waals surface area contributed by atoms with Gasteiger partial charge in [-0.2, -0.15) is 0 Å². The quantitative estimate of drug-likeness (QED) is 0.850. The number of esters is 1. The number of carbonyl (C=O) groups excluding carboxylic acids is 2. The topological polar surface area (TPSA) is 71.5 Å². The zero-order valence-electron chi connectivity index (χ0n) is 12.0. The molecule has 1 amide bonds. The van der Waals surface area contributed by atoms with Crippen LogP contribution < -0.4 is 5.32 Å². The first-order valence-electron chi connectivity index (χ1n) is 7.36. The fourth-order valence-electron chi connectivity index (χ4n) is 3.06. The van der Waals surface area contributed by atoms with Crippen LogP contribution in [0.15, 0.2) is 5.38 Å². The van der Waals surface area contributed by atoms with Crippen LogP contribution in [0.25, 0.3) is 0 Å². The molecule has 1 N–H and O–H groups in total. The number of nitrogens with zero attached hydrogens (tertiary/aromatic N) is 2. The lowest BCUT2D eigenvalue weighted by molar-refractivity contribution is -0.124. The van der Waals surface area contributed by atoms with Crippen molar-refractivity contribution in [3.8, 4) is 0 Å². The van der Waals surface area contributed by atoms with E-state index in [0.717, 1.165) is 37.4 Å². The monoisotopic (exact) mass is 309 g/mol. The first-order chi connectivity index (χ1) is 10.2. The van der Waals surface area contributed by atoms with Crippen molar-refractivity contribution in [2.75, 3.05) is 19.7 Å². The second-order valence-corrected chi connectivity index (χ2v) is 6.17. The minimum absolute atomic E-state index is 0.0487. The zero-order chi connectivity index (χ0) is 14.8. The van der Waals surface area contributed by atoms with E-state index < -0.39 is 0 Å². The van der Waals surface area contributed by atoms with E-state index in [1.54, 1.807) is 12.3 Å². The molecule has 6 nitrogen and oxygen atoms in total. The van der Waals surface area contributed by atoms with Gasteiger partial charge in [-0.05, 0) is 32.7 Å². The standard InChI is InChI=1S/C14H19N3O3S/c1-2-20-14(19)9-8-21-13(16-9)11-4-3-7-17(11)10-5-6-15-12(10)18/h8,10-11H,2-7H2,1H3,(H,15,18)/t10-,11+/m1/s1. The van der Waals surface area contributed by atoms with Crippen molar-refractivity contribution in [2.24, 2.45) is 0 Å². The van der Waals surface area contributed by atoms with Crippen LogP contribution in [0.3, 0.4) is 0 Å². The number of carbonyl (C=O) groups is 2. The predicted octanol–water partition coefficient (Wildman–Crippen LogP) is 1.35. The van der Waals surface area contributed by atoms with E-state index in [0.29, 0.717) is 12.3 Å².